The van der Waals surface area contributed by atoms with Crippen LogP contribution in [0, 0.1) is 5.41 Å². The summed E-state index contributed by atoms with van der Waals surface area (Å²) in [4.78, 5) is 25.3. The van der Waals surface area contributed by atoms with E-state index in [1.807, 2.05) is 44.2 Å². The third-order valence-electron chi connectivity index (χ3n) is 4.30. The molecule has 0 bridgehead atoms. The molecule has 0 spiro atoms. The van der Waals surface area contributed by atoms with E-state index in [0.29, 0.717) is 13.1 Å². The zero-order valence-corrected chi connectivity index (χ0v) is 13.7. The third kappa shape index (κ3) is 4.72. The fourth-order valence-corrected chi connectivity index (χ4v) is 3.08. The molecule has 0 saturated carbocycles. The monoisotopic (exact) mass is 342 g/mol. The topological polar surface area (TPSA) is 49.4 Å². The summed E-state index contributed by atoms with van der Waals surface area (Å²) < 4.78 is 36.3. The number of alkyl halides is 3. The van der Waals surface area contributed by atoms with Crippen molar-refractivity contribution in [3.8, 4) is 0 Å². The second-order valence-corrected chi connectivity index (χ2v) is 6.79. The molecule has 1 atom stereocenters. The van der Waals surface area contributed by atoms with Gasteiger partial charge in [0, 0.05) is 19.0 Å². The smallest absolute Gasteiger partial charge is 0.347 e. The van der Waals surface area contributed by atoms with Crippen molar-refractivity contribution in [1.29, 1.82) is 0 Å². The first-order chi connectivity index (χ1) is 11.1. The van der Waals surface area contributed by atoms with Crippen LogP contribution in [-0.2, 0) is 9.59 Å². The minimum absolute atomic E-state index is 0.126. The molecule has 1 aliphatic heterocycles. The number of benzene rings is 1. The van der Waals surface area contributed by atoms with Gasteiger partial charge in [0.15, 0.2) is 0 Å². The molecule has 4 nitrogen and oxygen atoms in total. The average Bonchev–Trinajstić information content (AvgIpc) is 2.81. The Morgan fingerprint density at radius 3 is 2.46 bits per heavy atom. The highest BCUT2D eigenvalue weighted by molar-refractivity contribution is 5.97. The van der Waals surface area contributed by atoms with Gasteiger partial charge >= 0.3 is 6.18 Å². The molecule has 7 heteroatoms. The predicted molar refractivity (Wildman–Crippen MR) is 83.2 cm³/mol. The van der Waals surface area contributed by atoms with Crippen molar-refractivity contribution in [2.24, 2.45) is 5.41 Å². The van der Waals surface area contributed by atoms with Crippen LogP contribution >= 0.6 is 0 Å². The van der Waals surface area contributed by atoms with E-state index in [9.17, 15) is 22.8 Å². The summed E-state index contributed by atoms with van der Waals surface area (Å²) in [5.74, 6) is -1.22. The Labute approximate surface area is 139 Å². The number of nitrogens with one attached hydrogen (secondary N) is 1. The molecule has 0 radical (unpaired) electrons. The normalized spacial score (nSPS) is 20.0. The Morgan fingerprint density at radius 1 is 1.25 bits per heavy atom. The second-order valence-electron chi connectivity index (χ2n) is 6.79. The third-order valence-corrected chi connectivity index (χ3v) is 4.30. The van der Waals surface area contributed by atoms with Crippen LogP contribution in [0.4, 0.5) is 13.2 Å². The molecule has 0 aromatic heterocycles. The number of carbonyl (C=O) groups excluding carboxylic acids is 2. The number of rotatable bonds is 4. The molecular formula is C17H21F3N2O2. The maximum Gasteiger partial charge on any atom is 0.405 e. The largest absolute Gasteiger partial charge is 0.405 e. The molecule has 132 valence electrons. The predicted octanol–water partition coefficient (Wildman–Crippen LogP) is 2.71. The van der Waals surface area contributed by atoms with Crippen LogP contribution in [0.2, 0.25) is 0 Å². The highest BCUT2D eigenvalue weighted by Gasteiger charge is 2.42. The second kappa shape index (κ2) is 6.83. The van der Waals surface area contributed by atoms with E-state index >= 15 is 0 Å². The summed E-state index contributed by atoms with van der Waals surface area (Å²) in [6, 6.07) is 9.77. The lowest BCUT2D eigenvalue weighted by Gasteiger charge is -2.25. The van der Waals surface area contributed by atoms with E-state index in [2.05, 4.69) is 0 Å². The number of halogens is 3. The van der Waals surface area contributed by atoms with E-state index in [1.54, 1.807) is 10.2 Å². The lowest BCUT2D eigenvalue weighted by Crippen LogP contribution is -2.38. The number of nitrogens with zero attached hydrogens (tertiary/aromatic N) is 1. The first kappa shape index (κ1) is 18.3. The molecule has 1 heterocycles. The molecular weight excluding hydrogens is 321 g/mol. The van der Waals surface area contributed by atoms with E-state index in [-0.39, 0.29) is 11.3 Å². The Hall–Kier alpha value is -2.05. The SMILES string of the molecule is CC1(C)CN(C(=O)CC(=O)NCC(F)(F)F)C[C@H]1c1ccccc1. The van der Waals surface area contributed by atoms with Crippen molar-refractivity contribution in [2.75, 3.05) is 19.6 Å². The standard InChI is InChI=1S/C17H21F3N2O2/c1-16(2)11-22(9-13(16)12-6-4-3-5-7-12)15(24)8-14(23)21-10-17(18,19)20/h3-7,13H,8-11H2,1-2H3,(H,21,23)/t13-/m0/s1. The van der Waals surface area contributed by atoms with Gasteiger partial charge in [-0.25, -0.2) is 0 Å². The summed E-state index contributed by atoms with van der Waals surface area (Å²) in [7, 11) is 0. The van der Waals surface area contributed by atoms with Crippen LogP contribution in [0.5, 0.6) is 0 Å². The molecule has 1 aromatic rings. The van der Waals surface area contributed by atoms with E-state index in [1.165, 1.54) is 0 Å². The zero-order chi connectivity index (χ0) is 18.0. The average molecular weight is 342 g/mol. The van der Waals surface area contributed by atoms with Crippen molar-refractivity contribution in [3.05, 3.63) is 35.9 Å². The van der Waals surface area contributed by atoms with Crippen LogP contribution < -0.4 is 5.32 Å². The Bertz CT molecular complexity index is 600. The molecule has 1 aliphatic rings. The molecule has 2 amide bonds. The van der Waals surface area contributed by atoms with Gasteiger partial charge in [-0.2, -0.15) is 13.2 Å². The lowest BCUT2D eigenvalue weighted by molar-refractivity contribution is -0.143. The van der Waals surface area contributed by atoms with Gasteiger partial charge in [0.05, 0.1) is 0 Å². The van der Waals surface area contributed by atoms with Crippen LogP contribution in [0.3, 0.4) is 0 Å². The molecule has 24 heavy (non-hydrogen) atoms. The number of amides is 2. The molecule has 1 aromatic carbocycles. The first-order valence-corrected chi connectivity index (χ1v) is 7.75. The summed E-state index contributed by atoms with van der Waals surface area (Å²) >= 11 is 0. The quantitative estimate of drug-likeness (QED) is 0.856. The molecule has 0 aliphatic carbocycles. The minimum atomic E-state index is -4.48. The highest BCUT2D eigenvalue weighted by atomic mass is 19.4. The molecule has 1 fully saturated rings. The zero-order valence-electron chi connectivity index (χ0n) is 13.7. The van der Waals surface area contributed by atoms with Crippen molar-refractivity contribution in [1.82, 2.24) is 10.2 Å². The Balaban J connectivity index is 1.96. The van der Waals surface area contributed by atoms with Gasteiger partial charge in [-0.1, -0.05) is 44.2 Å². The van der Waals surface area contributed by atoms with E-state index in [4.69, 9.17) is 0 Å². The fraction of sp³-hybridized carbons (Fsp3) is 0.529. The summed E-state index contributed by atoms with van der Waals surface area (Å²) in [5.41, 5.74) is 0.943. The van der Waals surface area contributed by atoms with Gasteiger partial charge in [0.1, 0.15) is 13.0 Å². The van der Waals surface area contributed by atoms with Crippen LogP contribution in [0.1, 0.15) is 31.7 Å². The Morgan fingerprint density at radius 2 is 1.88 bits per heavy atom. The Kier molecular flexibility index (Phi) is 5.20. The summed E-state index contributed by atoms with van der Waals surface area (Å²) in [6.45, 7) is 3.60. The summed E-state index contributed by atoms with van der Waals surface area (Å²) in [5, 5.41) is 1.73. The van der Waals surface area contributed by atoms with Crippen molar-refractivity contribution in [3.63, 3.8) is 0 Å². The highest BCUT2D eigenvalue weighted by Crippen LogP contribution is 2.42. The van der Waals surface area contributed by atoms with Crippen molar-refractivity contribution in [2.45, 2.75) is 32.4 Å². The van der Waals surface area contributed by atoms with Gasteiger partial charge in [-0.3, -0.25) is 9.59 Å². The van der Waals surface area contributed by atoms with Crippen LogP contribution in [0.25, 0.3) is 0 Å². The maximum absolute atomic E-state index is 12.2. The van der Waals surface area contributed by atoms with Crippen molar-refractivity contribution >= 4 is 11.8 Å². The van der Waals surface area contributed by atoms with Crippen LogP contribution in [-0.4, -0.2) is 42.5 Å². The number of hydrogen-bond acceptors (Lipinski definition) is 2. The van der Waals surface area contributed by atoms with Crippen molar-refractivity contribution < 1.29 is 22.8 Å². The van der Waals surface area contributed by atoms with Gasteiger partial charge in [-0.05, 0) is 11.0 Å². The summed E-state index contributed by atoms with van der Waals surface area (Å²) in [6.07, 6.45) is -5.04. The van der Waals surface area contributed by atoms with E-state index in [0.717, 1.165) is 5.56 Å². The van der Waals surface area contributed by atoms with Gasteiger partial charge in [0.25, 0.3) is 0 Å². The lowest BCUT2D eigenvalue weighted by atomic mass is 9.78. The minimum Gasteiger partial charge on any atom is -0.347 e. The molecule has 1 N–H and O–H groups in total. The molecule has 0 unspecified atom stereocenters. The first-order valence-electron chi connectivity index (χ1n) is 7.75. The number of likely N-dealkylation sites (tertiary alicyclic amines) is 1. The molecule has 2 rings (SSSR count). The molecule has 1 saturated heterocycles. The van der Waals surface area contributed by atoms with Gasteiger partial charge in [0.2, 0.25) is 11.8 Å². The fourth-order valence-electron chi connectivity index (χ4n) is 3.08. The van der Waals surface area contributed by atoms with Gasteiger partial charge < -0.3 is 10.2 Å². The van der Waals surface area contributed by atoms with Crippen LogP contribution in [0.15, 0.2) is 30.3 Å². The van der Waals surface area contributed by atoms with E-state index < -0.39 is 31.0 Å². The maximum atomic E-state index is 12.2. The van der Waals surface area contributed by atoms with Gasteiger partial charge in [-0.15, -0.1) is 0 Å². The number of carbonyl (C=O) groups is 2. The number of hydrogen-bond donors (Lipinski definition) is 1.